The van der Waals surface area contributed by atoms with Crippen molar-refractivity contribution in [1.82, 2.24) is 29.5 Å². The maximum absolute atomic E-state index is 12.8. The Morgan fingerprint density at radius 2 is 1.83 bits per heavy atom. The van der Waals surface area contributed by atoms with Gasteiger partial charge in [0.05, 0.1) is 13.0 Å². The Bertz CT molecular complexity index is 929. The lowest BCUT2D eigenvalue weighted by molar-refractivity contribution is -0.132. The molecule has 0 unspecified atom stereocenters. The first-order valence-electron chi connectivity index (χ1n) is 10.6. The highest BCUT2D eigenvalue weighted by Crippen LogP contribution is 2.29. The average molecular weight is 411 g/mol. The summed E-state index contributed by atoms with van der Waals surface area (Å²) < 4.78 is 2.19. The molecule has 1 saturated heterocycles. The summed E-state index contributed by atoms with van der Waals surface area (Å²) in [6.45, 7) is 5.44. The number of urea groups is 1. The third-order valence-corrected chi connectivity index (χ3v) is 6.09. The van der Waals surface area contributed by atoms with E-state index in [-0.39, 0.29) is 11.9 Å². The van der Waals surface area contributed by atoms with E-state index in [1.807, 2.05) is 34.9 Å². The molecule has 1 aromatic carbocycles. The number of likely N-dealkylation sites (tertiary alicyclic amines) is 1. The molecular weight excluding hydrogens is 380 g/mol. The van der Waals surface area contributed by atoms with Gasteiger partial charge in [-0.1, -0.05) is 29.8 Å². The monoisotopic (exact) mass is 410 g/mol. The molecule has 4 rings (SSSR count). The number of benzene rings is 1. The Morgan fingerprint density at radius 1 is 1.07 bits per heavy atom. The molecule has 0 spiro atoms. The molecule has 0 N–H and O–H groups in total. The van der Waals surface area contributed by atoms with Crippen molar-refractivity contribution in [3.05, 3.63) is 47.0 Å². The fraction of sp³-hybridized carbons (Fsp3) is 0.545. The summed E-state index contributed by atoms with van der Waals surface area (Å²) in [7, 11) is 3.57. The molecule has 3 amide bonds. The standard InChI is InChI=1S/C22H30N6O2/c1-16-5-4-6-17(13-16)14-20(29)27-11-12-28-19(15-27)23-24-21(28)18-7-9-26(10-8-18)22(30)25(2)3/h4-6,13,18H,7-12,14-15H2,1-3H3. The quantitative estimate of drug-likeness (QED) is 0.776. The number of amides is 3. The molecule has 0 bridgehead atoms. The van der Waals surface area contributed by atoms with Crippen LogP contribution >= 0.6 is 0 Å². The van der Waals surface area contributed by atoms with E-state index in [1.54, 1.807) is 19.0 Å². The fourth-order valence-corrected chi connectivity index (χ4v) is 4.42. The number of carbonyl (C=O) groups excluding carboxylic acids is 2. The number of hydrogen-bond donors (Lipinski definition) is 0. The summed E-state index contributed by atoms with van der Waals surface area (Å²) in [6.07, 6.45) is 2.21. The van der Waals surface area contributed by atoms with E-state index in [2.05, 4.69) is 20.8 Å². The molecule has 30 heavy (non-hydrogen) atoms. The molecule has 2 aliphatic rings. The fourth-order valence-electron chi connectivity index (χ4n) is 4.42. The number of rotatable bonds is 3. The van der Waals surface area contributed by atoms with Crippen LogP contribution in [0.5, 0.6) is 0 Å². The predicted molar refractivity (Wildman–Crippen MR) is 113 cm³/mol. The summed E-state index contributed by atoms with van der Waals surface area (Å²) in [5, 5.41) is 8.88. The molecule has 3 heterocycles. The summed E-state index contributed by atoms with van der Waals surface area (Å²) in [6, 6.07) is 8.17. The number of nitrogens with zero attached hydrogens (tertiary/aromatic N) is 6. The van der Waals surface area contributed by atoms with Crippen molar-refractivity contribution in [3.8, 4) is 0 Å². The highest BCUT2D eigenvalue weighted by atomic mass is 16.2. The van der Waals surface area contributed by atoms with Crippen molar-refractivity contribution >= 4 is 11.9 Å². The van der Waals surface area contributed by atoms with Crippen LogP contribution in [0.4, 0.5) is 4.79 Å². The van der Waals surface area contributed by atoms with Crippen molar-refractivity contribution in [3.63, 3.8) is 0 Å². The molecule has 0 radical (unpaired) electrons. The first kappa shape index (κ1) is 20.4. The smallest absolute Gasteiger partial charge is 0.319 e. The van der Waals surface area contributed by atoms with E-state index in [0.29, 0.717) is 25.4 Å². The average Bonchev–Trinajstić information content (AvgIpc) is 3.16. The summed E-state index contributed by atoms with van der Waals surface area (Å²) >= 11 is 0. The normalized spacial score (nSPS) is 17.0. The zero-order chi connectivity index (χ0) is 21.3. The molecule has 0 aliphatic carbocycles. The van der Waals surface area contributed by atoms with Gasteiger partial charge in [0.2, 0.25) is 5.91 Å². The van der Waals surface area contributed by atoms with Gasteiger partial charge in [0.25, 0.3) is 0 Å². The number of carbonyl (C=O) groups is 2. The highest BCUT2D eigenvalue weighted by Gasteiger charge is 2.31. The molecule has 2 aliphatic heterocycles. The minimum Gasteiger partial charge on any atom is -0.333 e. The van der Waals surface area contributed by atoms with Gasteiger partial charge in [-0.3, -0.25) is 4.79 Å². The lowest BCUT2D eigenvalue weighted by Crippen LogP contribution is -2.44. The van der Waals surface area contributed by atoms with Crippen LogP contribution in [-0.2, 0) is 24.3 Å². The molecule has 8 nitrogen and oxygen atoms in total. The van der Waals surface area contributed by atoms with E-state index < -0.39 is 0 Å². The van der Waals surface area contributed by atoms with E-state index in [9.17, 15) is 9.59 Å². The first-order valence-corrected chi connectivity index (χ1v) is 10.6. The first-order chi connectivity index (χ1) is 14.4. The largest absolute Gasteiger partial charge is 0.333 e. The van der Waals surface area contributed by atoms with E-state index in [0.717, 1.165) is 49.7 Å². The molecule has 0 saturated carbocycles. The minimum absolute atomic E-state index is 0.0690. The summed E-state index contributed by atoms with van der Waals surface area (Å²) in [4.78, 5) is 30.3. The van der Waals surface area contributed by atoms with Crippen molar-refractivity contribution in [2.75, 3.05) is 33.7 Å². The molecule has 1 fully saturated rings. The minimum atomic E-state index is 0.0690. The predicted octanol–water partition coefficient (Wildman–Crippen LogP) is 2.03. The van der Waals surface area contributed by atoms with Gasteiger partial charge in [-0.2, -0.15) is 0 Å². The highest BCUT2D eigenvalue weighted by molar-refractivity contribution is 5.78. The Morgan fingerprint density at radius 3 is 2.53 bits per heavy atom. The molecule has 2 aromatic rings. The van der Waals surface area contributed by atoms with Gasteiger partial charge >= 0.3 is 6.03 Å². The second kappa shape index (κ2) is 8.45. The van der Waals surface area contributed by atoms with Crippen molar-refractivity contribution in [2.45, 2.75) is 45.2 Å². The zero-order valence-corrected chi connectivity index (χ0v) is 18.0. The number of hydrogen-bond acceptors (Lipinski definition) is 4. The van der Waals surface area contributed by atoms with Crippen LogP contribution in [0, 0.1) is 6.92 Å². The lowest BCUT2D eigenvalue weighted by atomic mass is 9.96. The van der Waals surface area contributed by atoms with Crippen molar-refractivity contribution < 1.29 is 9.59 Å². The van der Waals surface area contributed by atoms with Crippen LogP contribution < -0.4 is 0 Å². The van der Waals surface area contributed by atoms with Crippen LogP contribution in [0.3, 0.4) is 0 Å². The zero-order valence-electron chi connectivity index (χ0n) is 18.0. The van der Waals surface area contributed by atoms with Gasteiger partial charge in [-0.25, -0.2) is 4.79 Å². The number of piperidine rings is 1. The third-order valence-electron chi connectivity index (χ3n) is 6.09. The number of aryl methyl sites for hydroxylation is 1. The van der Waals surface area contributed by atoms with Crippen LogP contribution in [0.1, 0.15) is 41.5 Å². The summed E-state index contributed by atoms with van der Waals surface area (Å²) in [5.74, 6) is 2.31. The SMILES string of the molecule is Cc1cccc(CC(=O)N2CCn3c(nnc3C3CCN(C(=O)N(C)C)CC3)C2)c1. The van der Waals surface area contributed by atoms with Gasteiger partial charge < -0.3 is 19.3 Å². The van der Waals surface area contributed by atoms with E-state index >= 15 is 0 Å². The Labute approximate surface area is 177 Å². The van der Waals surface area contributed by atoms with Crippen LogP contribution in [0.2, 0.25) is 0 Å². The summed E-state index contributed by atoms with van der Waals surface area (Å²) in [5.41, 5.74) is 2.22. The van der Waals surface area contributed by atoms with Gasteiger partial charge in [0.1, 0.15) is 5.82 Å². The van der Waals surface area contributed by atoms with Gasteiger partial charge in [-0.05, 0) is 25.3 Å². The second-order valence-corrected chi connectivity index (χ2v) is 8.55. The van der Waals surface area contributed by atoms with Gasteiger partial charge in [0.15, 0.2) is 5.82 Å². The second-order valence-electron chi connectivity index (χ2n) is 8.55. The molecular formula is C22H30N6O2. The van der Waals surface area contributed by atoms with Crippen molar-refractivity contribution in [1.29, 1.82) is 0 Å². The maximum Gasteiger partial charge on any atom is 0.319 e. The van der Waals surface area contributed by atoms with Gasteiger partial charge in [0, 0.05) is 46.2 Å². The molecule has 160 valence electrons. The lowest BCUT2D eigenvalue weighted by Gasteiger charge is -2.34. The van der Waals surface area contributed by atoms with Crippen LogP contribution in [0.25, 0.3) is 0 Å². The molecule has 1 aromatic heterocycles. The van der Waals surface area contributed by atoms with Crippen LogP contribution in [0.15, 0.2) is 24.3 Å². The van der Waals surface area contributed by atoms with Crippen LogP contribution in [-0.4, -0.2) is 75.1 Å². The molecule has 0 atom stereocenters. The third kappa shape index (κ3) is 4.17. The van der Waals surface area contributed by atoms with E-state index in [1.165, 1.54) is 5.56 Å². The maximum atomic E-state index is 12.8. The Hall–Kier alpha value is -2.90. The Kier molecular flexibility index (Phi) is 5.74. The van der Waals surface area contributed by atoms with Crippen molar-refractivity contribution in [2.24, 2.45) is 0 Å². The Balaban J connectivity index is 1.38. The molecule has 8 heteroatoms. The number of aromatic nitrogens is 3. The topological polar surface area (TPSA) is 74.6 Å². The van der Waals surface area contributed by atoms with E-state index in [4.69, 9.17) is 0 Å². The van der Waals surface area contributed by atoms with Gasteiger partial charge in [-0.15, -0.1) is 10.2 Å². The number of fused-ring (bicyclic) bond motifs is 1.